The van der Waals surface area contributed by atoms with Gasteiger partial charge in [-0.15, -0.1) is 0 Å². The molecule has 0 saturated heterocycles. The summed E-state index contributed by atoms with van der Waals surface area (Å²) in [5, 5.41) is 36.8. The number of hydrogen-bond donors (Lipinski definition) is 4. The molecular weight excluding hydrogens is 410 g/mol. The van der Waals surface area contributed by atoms with Crippen LogP contribution >= 0.6 is 0 Å². The number of carbonyl (C=O) groups is 4. The number of hydrogen-bond acceptors (Lipinski definition) is 7. The van der Waals surface area contributed by atoms with Crippen LogP contribution in [-0.2, 0) is 25.6 Å². The number of aliphatic carboxylic acids is 4. The van der Waals surface area contributed by atoms with E-state index >= 15 is 0 Å². The Hall–Kier alpha value is -3.73. The molecule has 0 bridgehead atoms. The molecule has 11 nitrogen and oxygen atoms in total. The van der Waals surface area contributed by atoms with Gasteiger partial charge in [-0.05, 0) is 12.1 Å². The molecule has 0 amide bonds. The SMILES string of the molecule is O=C(O)CCN(CCc1ccc2cccc(N(CC(=O)O)CC(=O)O)c2n1)CC(=O)O. The van der Waals surface area contributed by atoms with Crippen molar-refractivity contribution in [2.75, 3.05) is 37.6 Å². The van der Waals surface area contributed by atoms with Crippen molar-refractivity contribution in [3.8, 4) is 0 Å². The van der Waals surface area contributed by atoms with Gasteiger partial charge in [0, 0.05) is 30.6 Å². The molecule has 0 aliphatic carbocycles. The first-order chi connectivity index (χ1) is 14.7. The molecular formula is C20H23N3O8. The molecule has 1 aromatic heterocycles. The molecule has 166 valence electrons. The summed E-state index contributed by atoms with van der Waals surface area (Å²) in [7, 11) is 0. The normalized spacial score (nSPS) is 10.9. The number of fused-ring (bicyclic) bond motifs is 1. The molecule has 0 radical (unpaired) electrons. The third-order valence-electron chi connectivity index (χ3n) is 4.43. The number of carboxylic acids is 4. The third kappa shape index (κ3) is 7.55. The minimum atomic E-state index is -1.18. The molecule has 2 aromatic rings. The van der Waals surface area contributed by atoms with Crippen molar-refractivity contribution in [1.29, 1.82) is 0 Å². The summed E-state index contributed by atoms with van der Waals surface area (Å²) in [6.45, 7) is -1.01. The summed E-state index contributed by atoms with van der Waals surface area (Å²) >= 11 is 0. The summed E-state index contributed by atoms with van der Waals surface area (Å²) in [6, 6.07) is 8.53. The first-order valence-corrected chi connectivity index (χ1v) is 9.39. The summed E-state index contributed by atoms with van der Waals surface area (Å²) in [5.74, 6) is -4.47. The fraction of sp³-hybridized carbons (Fsp3) is 0.350. The van der Waals surface area contributed by atoms with Crippen molar-refractivity contribution in [3.05, 3.63) is 36.0 Å². The van der Waals surface area contributed by atoms with Crippen LogP contribution < -0.4 is 4.90 Å². The Labute approximate surface area is 177 Å². The van der Waals surface area contributed by atoms with E-state index in [1.54, 1.807) is 30.3 Å². The first-order valence-electron chi connectivity index (χ1n) is 9.39. The number of carboxylic acid groups (broad SMARTS) is 4. The zero-order valence-corrected chi connectivity index (χ0v) is 16.6. The maximum Gasteiger partial charge on any atom is 0.323 e. The van der Waals surface area contributed by atoms with Crippen LogP contribution in [0.3, 0.4) is 0 Å². The van der Waals surface area contributed by atoms with Gasteiger partial charge in [-0.2, -0.15) is 0 Å². The predicted molar refractivity (Wildman–Crippen MR) is 109 cm³/mol. The van der Waals surface area contributed by atoms with Gasteiger partial charge in [0.2, 0.25) is 0 Å². The molecule has 0 saturated carbocycles. The van der Waals surface area contributed by atoms with E-state index in [0.29, 0.717) is 28.7 Å². The number of nitrogens with zero attached hydrogens (tertiary/aromatic N) is 3. The molecule has 11 heteroatoms. The van der Waals surface area contributed by atoms with E-state index in [-0.39, 0.29) is 26.1 Å². The van der Waals surface area contributed by atoms with Crippen LogP contribution in [-0.4, -0.2) is 86.9 Å². The van der Waals surface area contributed by atoms with Gasteiger partial charge in [-0.1, -0.05) is 18.2 Å². The van der Waals surface area contributed by atoms with Gasteiger partial charge in [-0.3, -0.25) is 29.1 Å². The Balaban J connectivity index is 2.28. The minimum Gasteiger partial charge on any atom is -0.481 e. The number of benzene rings is 1. The van der Waals surface area contributed by atoms with Crippen LogP contribution in [0.25, 0.3) is 10.9 Å². The second kappa shape index (κ2) is 10.9. The molecule has 4 N–H and O–H groups in total. The van der Waals surface area contributed by atoms with Gasteiger partial charge >= 0.3 is 23.9 Å². The number of aromatic nitrogens is 1. The van der Waals surface area contributed by atoms with E-state index < -0.39 is 37.0 Å². The Bertz CT molecular complexity index is 962. The smallest absolute Gasteiger partial charge is 0.323 e. The van der Waals surface area contributed by atoms with Crippen molar-refractivity contribution < 1.29 is 39.6 Å². The summed E-state index contributed by atoms with van der Waals surface area (Å²) in [4.78, 5) is 51.4. The van der Waals surface area contributed by atoms with Crippen molar-refractivity contribution in [2.45, 2.75) is 12.8 Å². The molecule has 0 unspecified atom stereocenters. The van der Waals surface area contributed by atoms with Gasteiger partial charge in [-0.25, -0.2) is 0 Å². The lowest BCUT2D eigenvalue weighted by Crippen LogP contribution is -2.34. The van der Waals surface area contributed by atoms with Gasteiger partial charge < -0.3 is 25.3 Å². The highest BCUT2D eigenvalue weighted by molar-refractivity contribution is 5.93. The fourth-order valence-corrected chi connectivity index (χ4v) is 3.11. The Morgan fingerprint density at radius 3 is 2.00 bits per heavy atom. The zero-order valence-electron chi connectivity index (χ0n) is 16.6. The van der Waals surface area contributed by atoms with E-state index in [2.05, 4.69) is 4.98 Å². The molecule has 0 spiro atoms. The predicted octanol–water partition coefficient (Wildman–Crippen LogP) is 0.614. The van der Waals surface area contributed by atoms with Gasteiger partial charge in [0.05, 0.1) is 24.2 Å². The van der Waals surface area contributed by atoms with Gasteiger partial charge in [0.25, 0.3) is 0 Å². The Morgan fingerprint density at radius 1 is 0.774 bits per heavy atom. The Morgan fingerprint density at radius 2 is 1.42 bits per heavy atom. The lowest BCUT2D eigenvalue weighted by molar-refractivity contribution is -0.141. The molecule has 2 rings (SSSR count). The van der Waals surface area contributed by atoms with Crippen LogP contribution in [0.15, 0.2) is 30.3 Å². The van der Waals surface area contributed by atoms with Crippen LogP contribution in [0.5, 0.6) is 0 Å². The molecule has 0 atom stereocenters. The molecule has 0 aliphatic rings. The van der Waals surface area contributed by atoms with E-state index in [0.717, 1.165) is 0 Å². The monoisotopic (exact) mass is 433 g/mol. The highest BCUT2D eigenvalue weighted by Crippen LogP contribution is 2.25. The number of anilines is 1. The minimum absolute atomic E-state index is 0.0749. The molecule has 1 aromatic carbocycles. The van der Waals surface area contributed by atoms with Crippen LogP contribution in [0.4, 0.5) is 5.69 Å². The third-order valence-corrected chi connectivity index (χ3v) is 4.43. The van der Waals surface area contributed by atoms with Crippen molar-refractivity contribution in [2.24, 2.45) is 0 Å². The topological polar surface area (TPSA) is 169 Å². The fourth-order valence-electron chi connectivity index (χ4n) is 3.11. The van der Waals surface area contributed by atoms with E-state index in [4.69, 9.17) is 20.4 Å². The lowest BCUT2D eigenvalue weighted by Gasteiger charge is -2.22. The number of pyridine rings is 1. The standard InChI is InChI=1S/C20H23N3O8/c24-16(25)7-9-22(10-17(26)27)8-6-14-5-4-13-2-1-3-15(20(13)21-14)23(11-18(28)29)12-19(30)31/h1-5H,6-12H2,(H,24,25)(H,26,27)(H,28,29)(H,30,31). The Kier molecular flexibility index (Phi) is 8.26. The summed E-state index contributed by atoms with van der Waals surface area (Å²) < 4.78 is 0. The average Bonchev–Trinajstić information content (AvgIpc) is 2.67. The van der Waals surface area contributed by atoms with E-state index in [9.17, 15) is 19.2 Å². The zero-order chi connectivity index (χ0) is 23.0. The number of para-hydroxylation sites is 1. The van der Waals surface area contributed by atoms with Crippen LogP contribution in [0, 0.1) is 0 Å². The van der Waals surface area contributed by atoms with E-state index in [1.165, 1.54) is 9.80 Å². The van der Waals surface area contributed by atoms with Crippen molar-refractivity contribution in [3.63, 3.8) is 0 Å². The second-order valence-electron chi connectivity index (χ2n) is 6.86. The molecule has 31 heavy (non-hydrogen) atoms. The average molecular weight is 433 g/mol. The quantitative estimate of drug-likeness (QED) is 0.349. The van der Waals surface area contributed by atoms with Crippen molar-refractivity contribution >= 4 is 40.5 Å². The largest absolute Gasteiger partial charge is 0.481 e. The maximum atomic E-state index is 11.2. The molecule has 1 heterocycles. The van der Waals surface area contributed by atoms with Crippen LogP contribution in [0.1, 0.15) is 12.1 Å². The summed E-state index contributed by atoms with van der Waals surface area (Å²) in [6.07, 6.45) is 0.136. The summed E-state index contributed by atoms with van der Waals surface area (Å²) in [5.41, 5.74) is 1.37. The first kappa shape index (κ1) is 23.5. The molecule has 0 aliphatic heterocycles. The van der Waals surface area contributed by atoms with E-state index in [1.807, 2.05) is 0 Å². The number of rotatable bonds is 13. The molecule has 0 fully saturated rings. The highest BCUT2D eigenvalue weighted by atomic mass is 16.4. The highest BCUT2D eigenvalue weighted by Gasteiger charge is 2.18. The van der Waals surface area contributed by atoms with Crippen molar-refractivity contribution in [1.82, 2.24) is 9.88 Å². The lowest BCUT2D eigenvalue weighted by atomic mass is 10.1. The van der Waals surface area contributed by atoms with Crippen LogP contribution in [0.2, 0.25) is 0 Å². The maximum absolute atomic E-state index is 11.2. The second-order valence-corrected chi connectivity index (χ2v) is 6.86. The van der Waals surface area contributed by atoms with Gasteiger partial charge in [0.15, 0.2) is 0 Å². The van der Waals surface area contributed by atoms with Gasteiger partial charge in [0.1, 0.15) is 13.1 Å².